The summed E-state index contributed by atoms with van der Waals surface area (Å²) < 4.78 is 0. The average Bonchev–Trinajstić information content (AvgIpc) is 2.57. The zero-order valence-corrected chi connectivity index (χ0v) is 12.1. The topological polar surface area (TPSA) is 158 Å². The third-order valence-corrected chi connectivity index (χ3v) is 3.76. The first kappa shape index (κ1) is 15.9. The summed E-state index contributed by atoms with van der Waals surface area (Å²) in [6, 6.07) is 4.61. The Labute approximate surface area is 137 Å². The Kier molecular flexibility index (Phi) is 3.38. The number of benzene rings is 2. The summed E-state index contributed by atoms with van der Waals surface area (Å²) in [5, 5.41) is 31.3. The first-order valence-corrected chi connectivity index (χ1v) is 6.66. The van der Waals surface area contributed by atoms with Gasteiger partial charge in [-0.25, -0.2) is 4.79 Å². The maximum Gasteiger partial charge on any atom is 0.335 e. The van der Waals surface area contributed by atoms with Crippen LogP contribution < -0.4 is 0 Å². The summed E-state index contributed by atoms with van der Waals surface area (Å²) in [5.74, 6) is -3.32. The van der Waals surface area contributed by atoms with Gasteiger partial charge in [0.25, 0.3) is 11.4 Å². The molecule has 0 aliphatic heterocycles. The molecule has 0 atom stereocenters. The summed E-state index contributed by atoms with van der Waals surface area (Å²) in [7, 11) is 0. The van der Waals surface area contributed by atoms with E-state index in [1.165, 1.54) is 0 Å². The normalized spacial score (nSPS) is 12.3. The molecule has 0 bridgehead atoms. The summed E-state index contributed by atoms with van der Waals surface area (Å²) >= 11 is 0. The van der Waals surface area contributed by atoms with E-state index in [1.54, 1.807) is 0 Å². The molecule has 0 aromatic heterocycles. The molecule has 1 aliphatic carbocycles. The minimum atomic E-state index is -1.36. The summed E-state index contributed by atoms with van der Waals surface area (Å²) in [6.45, 7) is 0. The van der Waals surface area contributed by atoms with Crippen molar-refractivity contribution >= 4 is 28.9 Å². The van der Waals surface area contributed by atoms with Crippen LogP contribution >= 0.6 is 0 Å². The van der Waals surface area contributed by atoms with Gasteiger partial charge in [0.2, 0.25) is 11.6 Å². The zero-order chi connectivity index (χ0) is 18.5. The van der Waals surface area contributed by atoms with Crippen LogP contribution in [0.5, 0.6) is 0 Å². The largest absolute Gasteiger partial charge is 0.478 e. The molecule has 124 valence electrons. The first-order valence-electron chi connectivity index (χ1n) is 6.66. The minimum absolute atomic E-state index is 0.244. The number of carboxylic acid groups (broad SMARTS) is 1. The molecule has 0 heterocycles. The number of ketones is 2. The van der Waals surface area contributed by atoms with E-state index in [-0.39, 0.29) is 16.7 Å². The number of fused-ring (bicyclic) bond motifs is 2. The Morgan fingerprint density at radius 3 is 1.76 bits per heavy atom. The van der Waals surface area contributed by atoms with Gasteiger partial charge >= 0.3 is 5.97 Å². The van der Waals surface area contributed by atoms with Crippen molar-refractivity contribution in [3.05, 3.63) is 78.4 Å². The fraction of sp³-hybridized carbons (Fsp3) is 0. The van der Waals surface area contributed by atoms with Crippen molar-refractivity contribution in [3.63, 3.8) is 0 Å². The highest BCUT2D eigenvalue weighted by Gasteiger charge is 2.41. The second-order valence-corrected chi connectivity index (χ2v) is 5.09. The average molecular weight is 342 g/mol. The number of aromatic carboxylic acids is 1. The van der Waals surface area contributed by atoms with Gasteiger partial charge in [-0.3, -0.25) is 29.8 Å². The van der Waals surface area contributed by atoms with Gasteiger partial charge < -0.3 is 5.11 Å². The molecule has 1 aliphatic rings. The van der Waals surface area contributed by atoms with E-state index in [1.807, 2.05) is 0 Å². The quantitative estimate of drug-likeness (QED) is 0.559. The lowest BCUT2D eigenvalue weighted by Gasteiger charge is -2.17. The van der Waals surface area contributed by atoms with Gasteiger partial charge in [0, 0.05) is 23.3 Å². The maximum absolute atomic E-state index is 12.7. The molecule has 3 rings (SSSR count). The number of hydrogen-bond acceptors (Lipinski definition) is 7. The number of nitro groups is 2. The van der Waals surface area contributed by atoms with Crippen LogP contribution in [0.3, 0.4) is 0 Å². The molecule has 25 heavy (non-hydrogen) atoms. The van der Waals surface area contributed by atoms with E-state index in [9.17, 15) is 34.6 Å². The van der Waals surface area contributed by atoms with E-state index in [0.717, 1.165) is 30.3 Å². The molecule has 0 spiro atoms. The second-order valence-electron chi connectivity index (χ2n) is 5.09. The van der Waals surface area contributed by atoms with E-state index < -0.39 is 49.9 Å². The Bertz CT molecular complexity index is 1020. The fourth-order valence-electron chi connectivity index (χ4n) is 2.68. The Morgan fingerprint density at radius 1 is 0.840 bits per heavy atom. The standard InChI is InChI=1S/C15H6N2O8/c18-13-7-2-1-6(15(20)21)5-8(7)14(19)12-10(17(24)25)4-3-9(11(12)13)16(22)23/h1-5H,(H,20,21). The first-order chi connectivity index (χ1) is 11.7. The van der Waals surface area contributed by atoms with Crippen molar-refractivity contribution in [1.82, 2.24) is 0 Å². The van der Waals surface area contributed by atoms with Crippen LogP contribution in [0, 0.1) is 20.2 Å². The Morgan fingerprint density at radius 2 is 1.32 bits per heavy atom. The molecular weight excluding hydrogens is 336 g/mol. The summed E-state index contributed by atoms with van der Waals surface area (Å²) in [6.07, 6.45) is 0. The van der Waals surface area contributed by atoms with Gasteiger partial charge in [0.15, 0.2) is 0 Å². The number of hydrogen-bond donors (Lipinski definition) is 1. The van der Waals surface area contributed by atoms with Crippen molar-refractivity contribution in [3.8, 4) is 0 Å². The molecular formula is C15H6N2O8. The zero-order valence-electron chi connectivity index (χ0n) is 12.1. The second kappa shape index (κ2) is 5.30. The molecule has 0 unspecified atom stereocenters. The van der Waals surface area contributed by atoms with Gasteiger partial charge in [-0.1, -0.05) is 0 Å². The number of carbonyl (C=O) groups excluding carboxylic acids is 2. The minimum Gasteiger partial charge on any atom is -0.478 e. The van der Waals surface area contributed by atoms with Crippen molar-refractivity contribution in [2.45, 2.75) is 0 Å². The van der Waals surface area contributed by atoms with Crippen LogP contribution in [0.15, 0.2) is 30.3 Å². The van der Waals surface area contributed by atoms with E-state index in [2.05, 4.69) is 0 Å². The summed E-state index contributed by atoms with van der Waals surface area (Å²) in [4.78, 5) is 56.8. The molecule has 10 heteroatoms. The van der Waals surface area contributed by atoms with Gasteiger partial charge in [-0.05, 0) is 18.2 Å². The smallest absolute Gasteiger partial charge is 0.335 e. The predicted octanol–water partition coefficient (Wildman–Crippen LogP) is 1.98. The fourth-order valence-corrected chi connectivity index (χ4v) is 2.68. The molecule has 10 nitrogen and oxygen atoms in total. The van der Waals surface area contributed by atoms with Crippen molar-refractivity contribution < 1.29 is 29.3 Å². The van der Waals surface area contributed by atoms with Crippen molar-refractivity contribution in [1.29, 1.82) is 0 Å². The van der Waals surface area contributed by atoms with Gasteiger partial charge in [0.1, 0.15) is 11.1 Å². The van der Waals surface area contributed by atoms with Crippen LogP contribution in [0.4, 0.5) is 11.4 Å². The molecule has 0 fully saturated rings. The third-order valence-electron chi connectivity index (χ3n) is 3.76. The highest BCUT2D eigenvalue weighted by Crippen LogP contribution is 2.38. The lowest BCUT2D eigenvalue weighted by molar-refractivity contribution is -0.389. The van der Waals surface area contributed by atoms with Crippen molar-refractivity contribution in [2.24, 2.45) is 0 Å². The number of nitro benzene ring substituents is 2. The number of carboxylic acids is 1. The number of carbonyl (C=O) groups is 3. The van der Waals surface area contributed by atoms with Gasteiger partial charge in [0.05, 0.1) is 15.4 Å². The number of rotatable bonds is 3. The highest BCUT2D eigenvalue weighted by molar-refractivity contribution is 6.31. The molecule has 0 radical (unpaired) electrons. The Hall–Kier alpha value is -3.95. The summed E-state index contributed by atoms with van der Waals surface area (Å²) in [5.41, 5.74) is -3.75. The molecule has 0 saturated carbocycles. The van der Waals surface area contributed by atoms with Crippen LogP contribution in [-0.2, 0) is 0 Å². The third kappa shape index (κ3) is 2.24. The maximum atomic E-state index is 12.7. The monoisotopic (exact) mass is 342 g/mol. The van der Waals surface area contributed by atoms with Crippen molar-refractivity contribution in [2.75, 3.05) is 0 Å². The number of nitrogens with zero attached hydrogens (tertiary/aromatic N) is 2. The van der Waals surface area contributed by atoms with Gasteiger partial charge in [-0.2, -0.15) is 0 Å². The molecule has 1 N–H and O–H groups in total. The van der Waals surface area contributed by atoms with Gasteiger partial charge in [-0.15, -0.1) is 0 Å². The predicted molar refractivity (Wildman–Crippen MR) is 80.0 cm³/mol. The SMILES string of the molecule is O=C(O)c1ccc2c(c1)C(=O)c1c([N+](=O)[O-])ccc([N+](=O)[O-])c1C2=O. The van der Waals surface area contributed by atoms with E-state index >= 15 is 0 Å². The van der Waals surface area contributed by atoms with Crippen LogP contribution in [0.25, 0.3) is 0 Å². The molecule has 2 aromatic carbocycles. The van der Waals surface area contributed by atoms with Crippen LogP contribution in [0.2, 0.25) is 0 Å². The lowest BCUT2D eigenvalue weighted by Crippen LogP contribution is -2.24. The molecule has 0 amide bonds. The molecule has 0 saturated heterocycles. The van der Waals surface area contributed by atoms with Crippen LogP contribution in [-0.4, -0.2) is 32.5 Å². The van der Waals surface area contributed by atoms with E-state index in [0.29, 0.717) is 0 Å². The van der Waals surface area contributed by atoms with Crippen LogP contribution in [0.1, 0.15) is 42.2 Å². The lowest BCUT2D eigenvalue weighted by atomic mass is 9.81. The Balaban J connectivity index is 2.39. The molecule has 2 aromatic rings. The highest BCUT2D eigenvalue weighted by atomic mass is 16.6. The van der Waals surface area contributed by atoms with E-state index in [4.69, 9.17) is 5.11 Å².